The number of rotatable bonds is 8. The Kier molecular flexibility index (Phi) is 6.52. The van der Waals surface area contributed by atoms with E-state index in [1.54, 1.807) is 31.4 Å². The molecule has 1 aliphatic heterocycles. The molecule has 35 heavy (non-hydrogen) atoms. The topological polar surface area (TPSA) is 136 Å². The average Bonchev–Trinajstić information content (AvgIpc) is 3.65. The lowest BCUT2D eigenvalue weighted by Gasteiger charge is -2.42. The fraction of sp³-hybridized carbons (Fsp3) is 0.391. The number of non-ortho nitro benzene ring substituents is 1. The van der Waals surface area contributed by atoms with E-state index in [9.17, 15) is 28.1 Å². The van der Waals surface area contributed by atoms with Gasteiger partial charge in [0.1, 0.15) is 17.3 Å². The minimum Gasteiger partial charge on any atom is -0.497 e. The number of benzene rings is 2. The van der Waals surface area contributed by atoms with Crippen LogP contribution in [0.3, 0.4) is 0 Å². The standard InChI is InChI=1S/C23H25N3O8S/c1-33-18-7-3-16(4-8-18)15-20(21(27)34-2)24-13-14-25(23(11-12-23)22(24)28)35(31,32)19-9-5-17(6-10-19)26(29)30/h3-10,20H,11-15H2,1-2H3/t20-/m0/s1. The second-order valence-electron chi connectivity index (χ2n) is 8.45. The van der Waals surface area contributed by atoms with Crippen molar-refractivity contribution in [2.24, 2.45) is 0 Å². The van der Waals surface area contributed by atoms with E-state index >= 15 is 0 Å². The van der Waals surface area contributed by atoms with Crippen LogP contribution in [-0.2, 0) is 30.8 Å². The third-order valence-electron chi connectivity index (χ3n) is 6.48. The summed E-state index contributed by atoms with van der Waals surface area (Å²) < 4.78 is 38.0. The molecule has 0 N–H and O–H groups in total. The van der Waals surface area contributed by atoms with Gasteiger partial charge in [-0.15, -0.1) is 0 Å². The van der Waals surface area contributed by atoms with E-state index in [4.69, 9.17) is 9.47 Å². The number of amides is 1. The highest BCUT2D eigenvalue weighted by molar-refractivity contribution is 7.89. The van der Waals surface area contributed by atoms with Gasteiger partial charge in [0.05, 0.1) is 24.0 Å². The number of nitro groups is 1. The number of ether oxygens (including phenoxy) is 2. The quantitative estimate of drug-likeness (QED) is 0.302. The first-order valence-electron chi connectivity index (χ1n) is 10.9. The third kappa shape index (κ3) is 4.46. The summed E-state index contributed by atoms with van der Waals surface area (Å²) in [5, 5.41) is 10.9. The number of nitro benzene ring substituents is 1. The van der Waals surface area contributed by atoms with Gasteiger partial charge < -0.3 is 14.4 Å². The smallest absolute Gasteiger partial charge is 0.328 e. The molecule has 4 rings (SSSR count). The van der Waals surface area contributed by atoms with Gasteiger partial charge in [0, 0.05) is 31.6 Å². The summed E-state index contributed by atoms with van der Waals surface area (Å²) in [7, 11) is -1.30. The molecule has 11 nitrogen and oxygen atoms in total. The molecule has 1 atom stereocenters. The predicted octanol–water partition coefficient (Wildman–Crippen LogP) is 1.75. The largest absolute Gasteiger partial charge is 0.497 e. The number of carbonyl (C=O) groups excluding carboxylic acids is 2. The monoisotopic (exact) mass is 503 g/mol. The van der Waals surface area contributed by atoms with E-state index in [1.165, 1.54) is 28.4 Å². The van der Waals surface area contributed by atoms with Crippen LogP contribution in [-0.4, -0.2) is 73.3 Å². The van der Waals surface area contributed by atoms with Gasteiger partial charge in [-0.1, -0.05) is 12.1 Å². The molecule has 0 unspecified atom stereocenters. The van der Waals surface area contributed by atoms with Gasteiger partial charge in [0.25, 0.3) is 5.69 Å². The zero-order valence-corrected chi connectivity index (χ0v) is 20.1. The summed E-state index contributed by atoms with van der Waals surface area (Å²) in [5.41, 5.74) is -0.712. The first-order chi connectivity index (χ1) is 16.6. The van der Waals surface area contributed by atoms with Crippen molar-refractivity contribution in [2.45, 2.75) is 35.7 Å². The molecule has 0 bridgehead atoms. The molecule has 2 aromatic carbocycles. The molecule has 1 saturated carbocycles. The van der Waals surface area contributed by atoms with Crippen LogP contribution in [0.4, 0.5) is 5.69 Å². The Morgan fingerprint density at radius 2 is 1.71 bits per heavy atom. The van der Waals surface area contributed by atoms with E-state index in [1.807, 2.05) is 0 Å². The molecule has 1 heterocycles. The average molecular weight is 504 g/mol. The van der Waals surface area contributed by atoms with Crippen molar-refractivity contribution in [3.63, 3.8) is 0 Å². The summed E-state index contributed by atoms with van der Waals surface area (Å²) in [6.07, 6.45) is 0.851. The molecular formula is C23H25N3O8S. The van der Waals surface area contributed by atoms with E-state index in [0.717, 1.165) is 17.7 Å². The zero-order chi connectivity index (χ0) is 25.4. The van der Waals surface area contributed by atoms with Gasteiger partial charge >= 0.3 is 5.97 Å². The Hall–Kier alpha value is -3.51. The van der Waals surface area contributed by atoms with Gasteiger partial charge in [-0.2, -0.15) is 4.31 Å². The number of methoxy groups -OCH3 is 2. The number of piperazine rings is 1. The van der Waals surface area contributed by atoms with E-state index in [2.05, 4.69) is 0 Å². The van der Waals surface area contributed by atoms with Crippen LogP contribution >= 0.6 is 0 Å². The fourth-order valence-electron chi connectivity index (χ4n) is 4.43. The molecule has 0 radical (unpaired) electrons. The minimum absolute atomic E-state index is 0.00269. The molecule has 0 aromatic heterocycles. The van der Waals surface area contributed by atoms with Crippen LogP contribution in [0.1, 0.15) is 18.4 Å². The summed E-state index contributed by atoms with van der Waals surface area (Å²) in [6, 6.07) is 10.7. The number of esters is 1. The Bertz CT molecular complexity index is 1240. The lowest BCUT2D eigenvalue weighted by Crippen LogP contribution is -2.64. The first-order valence-corrected chi connectivity index (χ1v) is 12.4. The van der Waals surface area contributed by atoms with Crippen molar-refractivity contribution in [3.8, 4) is 5.75 Å². The number of carbonyl (C=O) groups is 2. The van der Waals surface area contributed by atoms with E-state index < -0.39 is 38.4 Å². The highest BCUT2D eigenvalue weighted by Gasteiger charge is 2.63. The van der Waals surface area contributed by atoms with Crippen LogP contribution in [0.5, 0.6) is 5.75 Å². The van der Waals surface area contributed by atoms with Crippen molar-refractivity contribution in [3.05, 3.63) is 64.2 Å². The van der Waals surface area contributed by atoms with Gasteiger partial charge in [0.2, 0.25) is 15.9 Å². The Balaban J connectivity index is 1.59. The van der Waals surface area contributed by atoms with Crippen LogP contribution < -0.4 is 4.74 Å². The molecule has 2 fully saturated rings. The maximum Gasteiger partial charge on any atom is 0.328 e. The second kappa shape index (κ2) is 9.27. The summed E-state index contributed by atoms with van der Waals surface area (Å²) in [6.45, 7) is -0.0100. The van der Waals surface area contributed by atoms with Crippen molar-refractivity contribution in [1.29, 1.82) is 0 Å². The molecule has 12 heteroatoms. The molecule has 2 aliphatic rings. The van der Waals surface area contributed by atoms with Gasteiger partial charge in [-0.3, -0.25) is 14.9 Å². The van der Waals surface area contributed by atoms with Crippen molar-refractivity contribution in [1.82, 2.24) is 9.21 Å². The third-order valence-corrected chi connectivity index (χ3v) is 8.46. The van der Waals surface area contributed by atoms with Gasteiger partial charge in [0.15, 0.2) is 0 Å². The fourth-order valence-corrected chi connectivity index (χ4v) is 6.20. The Morgan fingerprint density at radius 1 is 1.09 bits per heavy atom. The molecule has 186 valence electrons. The lowest BCUT2D eigenvalue weighted by atomic mass is 10.0. The van der Waals surface area contributed by atoms with Gasteiger partial charge in [-0.25, -0.2) is 13.2 Å². The van der Waals surface area contributed by atoms with Crippen molar-refractivity contribution < 1.29 is 32.4 Å². The first kappa shape index (κ1) is 24.6. The molecule has 1 spiro atoms. The van der Waals surface area contributed by atoms with Crippen LogP contribution in [0.15, 0.2) is 53.4 Å². The van der Waals surface area contributed by atoms with Crippen LogP contribution in [0.25, 0.3) is 0 Å². The Morgan fingerprint density at radius 3 is 2.23 bits per heavy atom. The zero-order valence-electron chi connectivity index (χ0n) is 19.2. The SMILES string of the molecule is COC(=O)[C@H](Cc1ccc(OC)cc1)N1CCN(S(=O)(=O)c2ccc([N+](=O)[O-])cc2)C2(CC2)C1=O. The molecule has 1 saturated heterocycles. The van der Waals surface area contributed by atoms with Gasteiger partial charge in [-0.05, 0) is 42.7 Å². The number of nitrogens with zero attached hydrogens (tertiary/aromatic N) is 3. The van der Waals surface area contributed by atoms with E-state index in [-0.39, 0.29) is 30.1 Å². The molecule has 1 amide bonds. The molecule has 1 aliphatic carbocycles. The van der Waals surface area contributed by atoms with Crippen LogP contribution in [0, 0.1) is 10.1 Å². The molecular weight excluding hydrogens is 478 g/mol. The number of hydrogen-bond acceptors (Lipinski definition) is 8. The maximum absolute atomic E-state index is 13.6. The molecule has 2 aromatic rings. The Labute approximate surface area is 202 Å². The van der Waals surface area contributed by atoms with Crippen molar-refractivity contribution in [2.75, 3.05) is 27.3 Å². The summed E-state index contributed by atoms with van der Waals surface area (Å²) in [5.74, 6) is -0.378. The lowest BCUT2D eigenvalue weighted by molar-refractivity contribution is -0.384. The second-order valence-corrected chi connectivity index (χ2v) is 10.3. The highest BCUT2D eigenvalue weighted by Crippen LogP contribution is 2.48. The maximum atomic E-state index is 13.6. The highest BCUT2D eigenvalue weighted by atomic mass is 32.2. The summed E-state index contributed by atoms with van der Waals surface area (Å²) >= 11 is 0. The minimum atomic E-state index is -4.09. The van der Waals surface area contributed by atoms with E-state index in [0.29, 0.717) is 18.6 Å². The van der Waals surface area contributed by atoms with Crippen molar-refractivity contribution >= 4 is 27.6 Å². The number of hydrogen-bond donors (Lipinski definition) is 0. The number of sulfonamides is 1. The van der Waals surface area contributed by atoms with Crippen LogP contribution in [0.2, 0.25) is 0 Å². The predicted molar refractivity (Wildman–Crippen MR) is 123 cm³/mol. The normalized spacial score (nSPS) is 18.2. The summed E-state index contributed by atoms with van der Waals surface area (Å²) in [4.78, 5) is 37.9.